The van der Waals surface area contributed by atoms with E-state index >= 15 is 0 Å². The molecule has 2 unspecified atom stereocenters. The maximum absolute atomic E-state index is 12.1. The SMILES string of the molecule is O=C(O)CC1CCCN1C(=O)NC1CCCSC1. The van der Waals surface area contributed by atoms with E-state index in [1.165, 1.54) is 5.75 Å². The monoisotopic (exact) mass is 272 g/mol. The molecule has 2 atom stereocenters. The van der Waals surface area contributed by atoms with Crippen LogP contribution in [0.1, 0.15) is 32.1 Å². The van der Waals surface area contributed by atoms with Gasteiger partial charge >= 0.3 is 12.0 Å². The lowest BCUT2D eigenvalue weighted by molar-refractivity contribution is -0.137. The predicted octanol–water partition coefficient (Wildman–Crippen LogP) is 1.53. The number of thioether (sulfide) groups is 1. The lowest BCUT2D eigenvalue weighted by atomic mass is 10.1. The number of amides is 2. The highest BCUT2D eigenvalue weighted by molar-refractivity contribution is 7.99. The van der Waals surface area contributed by atoms with Crippen LogP contribution in [0, 0.1) is 0 Å². The van der Waals surface area contributed by atoms with Crippen LogP contribution < -0.4 is 5.32 Å². The van der Waals surface area contributed by atoms with E-state index in [0.29, 0.717) is 6.54 Å². The number of aliphatic carboxylic acids is 1. The zero-order valence-electron chi connectivity index (χ0n) is 10.4. The van der Waals surface area contributed by atoms with Gasteiger partial charge in [0.1, 0.15) is 0 Å². The quantitative estimate of drug-likeness (QED) is 0.817. The first kappa shape index (κ1) is 13.5. The predicted molar refractivity (Wildman–Crippen MR) is 70.9 cm³/mol. The number of nitrogens with one attached hydrogen (secondary N) is 1. The molecule has 2 N–H and O–H groups in total. The van der Waals surface area contributed by atoms with E-state index in [2.05, 4.69) is 5.32 Å². The highest BCUT2D eigenvalue weighted by Crippen LogP contribution is 2.22. The number of hydrogen-bond donors (Lipinski definition) is 2. The van der Waals surface area contributed by atoms with Crippen molar-refractivity contribution in [2.45, 2.75) is 44.2 Å². The molecular weight excluding hydrogens is 252 g/mol. The summed E-state index contributed by atoms with van der Waals surface area (Å²) in [6.45, 7) is 0.684. The van der Waals surface area contributed by atoms with E-state index < -0.39 is 5.97 Å². The molecule has 102 valence electrons. The molecule has 0 aromatic heterocycles. The number of rotatable bonds is 3. The molecule has 6 heteroatoms. The minimum atomic E-state index is -0.826. The first-order valence-electron chi connectivity index (χ1n) is 6.53. The first-order chi connectivity index (χ1) is 8.66. The number of likely N-dealkylation sites (tertiary alicyclic amines) is 1. The van der Waals surface area contributed by atoms with Gasteiger partial charge < -0.3 is 15.3 Å². The Kier molecular flexibility index (Phi) is 4.74. The number of carbonyl (C=O) groups is 2. The van der Waals surface area contributed by atoms with Crippen molar-refractivity contribution >= 4 is 23.8 Å². The van der Waals surface area contributed by atoms with E-state index in [4.69, 9.17) is 5.11 Å². The second-order valence-electron chi connectivity index (χ2n) is 4.95. The van der Waals surface area contributed by atoms with Gasteiger partial charge in [0.2, 0.25) is 0 Å². The number of nitrogens with zero attached hydrogens (tertiary/aromatic N) is 1. The summed E-state index contributed by atoms with van der Waals surface area (Å²) in [5.74, 6) is 1.33. The van der Waals surface area contributed by atoms with E-state index in [1.54, 1.807) is 4.90 Å². The topological polar surface area (TPSA) is 69.6 Å². The van der Waals surface area contributed by atoms with Crippen molar-refractivity contribution < 1.29 is 14.7 Å². The molecule has 0 saturated carbocycles. The van der Waals surface area contributed by atoms with Gasteiger partial charge in [-0.1, -0.05) is 0 Å². The molecule has 0 aromatic rings. The third-order valence-corrected chi connectivity index (χ3v) is 4.75. The summed E-state index contributed by atoms with van der Waals surface area (Å²) in [7, 11) is 0. The fraction of sp³-hybridized carbons (Fsp3) is 0.833. The molecule has 2 aliphatic heterocycles. The van der Waals surface area contributed by atoms with Gasteiger partial charge in [-0.05, 0) is 31.4 Å². The van der Waals surface area contributed by atoms with Crippen LogP contribution in [0.15, 0.2) is 0 Å². The van der Waals surface area contributed by atoms with Crippen molar-refractivity contribution in [2.75, 3.05) is 18.1 Å². The number of carboxylic acid groups (broad SMARTS) is 1. The average Bonchev–Trinajstić information content (AvgIpc) is 2.77. The Balaban J connectivity index is 1.84. The molecule has 2 amide bonds. The third-order valence-electron chi connectivity index (χ3n) is 3.54. The van der Waals surface area contributed by atoms with E-state index in [0.717, 1.165) is 31.4 Å². The Bertz CT molecular complexity index is 318. The maximum Gasteiger partial charge on any atom is 0.317 e. The highest BCUT2D eigenvalue weighted by Gasteiger charge is 2.31. The Morgan fingerprint density at radius 2 is 2.17 bits per heavy atom. The van der Waals surface area contributed by atoms with Crippen molar-refractivity contribution in [2.24, 2.45) is 0 Å². The zero-order chi connectivity index (χ0) is 13.0. The molecule has 0 bridgehead atoms. The van der Waals surface area contributed by atoms with Crippen LogP contribution in [-0.4, -0.2) is 52.1 Å². The molecular formula is C12H20N2O3S. The smallest absolute Gasteiger partial charge is 0.317 e. The minimum absolute atomic E-state index is 0.0623. The van der Waals surface area contributed by atoms with Crippen molar-refractivity contribution in [3.8, 4) is 0 Å². The van der Waals surface area contributed by atoms with Gasteiger partial charge in [0.15, 0.2) is 0 Å². The van der Waals surface area contributed by atoms with E-state index in [-0.39, 0.29) is 24.5 Å². The van der Waals surface area contributed by atoms with Crippen LogP contribution in [0.3, 0.4) is 0 Å². The molecule has 0 aromatic carbocycles. The molecule has 2 fully saturated rings. The summed E-state index contributed by atoms with van der Waals surface area (Å²) in [6, 6.07) is 0.0484. The summed E-state index contributed by atoms with van der Waals surface area (Å²) in [6.07, 6.45) is 3.96. The maximum atomic E-state index is 12.1. The summed E-state index contributed by atoms with van der Waals surface area (Å²) in [4.78, 5) is 24.6. The lowest BCUT2D eigenvalue weighted by Crippen LogP contribution is -2.48. The van der Waals surface area contributed by atoms with Gasteiger partial charge in [0.25, 0.3) is 0 Å². The van der Waals surface area contributed by atoms with Crippen molar-refractivity contribution in [3.05, 3.63) is 0 Å². The second-order valence-corrected chi connectivity index (χ2v) is 6.10. The fourth-order valence-electron chi connectivity index (χ4n) is 2.63. The minimum Gasteiger partial charge on any atom is -0.481 e. The highest BCUT2D eigenvalue weighted by atomic mass is 32.2. The van der Waals surface area contributed by atoms with Crippen LogP contribution in [0.2, 0.25) is 0 Å². The van der Waals surface area contributed by atoms with E-state index in [9.17, 15) is 9.59 Å². The summed E-state index contributed by atoms with van der Waals surface area (Å²) >= 11 is 1.87. The largest absolute Gasteiger partial charge is 0.481 e. The molecule has 0 radical (unpaired) electrons. The number of urea groups is 1. The van der Waals surface area contributed by atoms with Crippen molar-refractivity contribution in [1.29, 1.82) is 0 Å². The fourth-order valence-corrected chi connectivity index (χ4v) is 3.70. The van der Waals surface area contributed by atoms with Crippen molar-refractivity contribution in [1.82, 2.24) is 10.2 Å². The van der Waals surface area contributed by atoms with Crippen LogP contribution in [0.5, 0.6) is 0 Å². The standard InChI is InChI=1S/C12H20N2O3S/c15-11(16)7-10-4-1-5-14(10)12(17)13-9-3-2-6-18-8-9/h9-10H,1-8H2,(H,13,17)(H,15,16). The lowest BCUT2D eigenvalue weighted by Gasteiger charge is -2.28. The second kappa shape index (κ2) is 6.31. The average molecular weight is 272 g/mol. The molecule has 2 rings (SSSR count). The van der Waals surface area contributed by atoms with Crippen LogP contribution in [0.25, 0.3) is 0 Å². The van der Waals surface area contributed by atoms with Gasteiger partial charge in [-0.3, -0.25) is 4.79 Å². The molecule has 2 heterocycles. The first-order valence-corrected chi connectivity index (χ1v) is 7.69. The van der Waals surface area contributed by atoms with E-state index in [1.807, 2.05) is 11.8 Å². The normalized spacial score (nSPS) is 28.1. The third kappa shape index (κ3) is 3.54. The molecule has 2 saturated heterocycles. The van der Waals surface area contributed by atoms with Crippen LogP contribution >= 0.6 is 11.8 Å². The Labute approximate surface area is 111 Å². The molecule has 5 nitrogen and oxygen atoms in total. The molecule has 18 heavy (non-hydrogen) atoms. The molecule has 0 aliphatic carbocycles. The van der Waals surface area contributed by atoms with Crippen LogP contribution in [-0.2, 0) is 4.79 Å². The Hall–Kier alpha value is -0.910. The summed E-state index contributed by atoms with van der Waals surface area (Å²) in [5.41, 5.74) is 0. The number of carbonyl (C=O) groups excluding carboxylic acids is 1. The number of carboxylic acids is 1. The van der Waals surface area contributed by atoms with Gasteiger partial charge in [0, 0.05) is 24.4 Å². The van der Waals surface area contributed by atoms with Gasteiger partial charge in [-0.15, -0.1) is 0 Å². The molecule has 2 aliphatic rings. The zero-order valence-corrected chi connectivity index (χ0v) is 11.2. The van der Waals surface area contributed by atoms with Crippen LogP contribution in [0.4, 0.5) is 4.79 Å². The van der Waals surface area contributed by atoms with Crippen molar-refractivity contribution in [3.63, 3.8) is 0 Å². The summed E-state index contributed by atoms with van der Waals surface area (Å²) in [5, 5.41) is 11.9. The van der Waals surface area contributed by atoms with Gasteiger partial charge in [-0.25, -0.2) is 4.79 Å². The summed E-state index contributed by atoms with van der Waals surface area (Å²) < 4.78 is 0. The number of hydrogen-bond acceptors (Lipinski definition) is 3. The van der Waals surface area contributed by atoms with Gasteiger partial charge in [-0.2, -0.15) is 11.8 Å². The van der Waals surface area contributed by atoms with Gasteiger partial charge in [0.05, 0.1) is 6.42 Å². The molecule has 0 spiro atoms. The Morgan fingerprint density at radius 3 is 2.83 bits per heavy atom. The Morgan fingerprint density at radius 1 is 1.33 bits per heavy atom.